The van der Waals surface area contributed by atoms with E-state index in [1.807, 2.05) is 0 Å². The second kappa shape index (κ2) is 13.0. The van der Waals surface area contributed by atoms with E-state index < -0.39 is 100 Å². The number of nitrogens with zero attached hydrogens (tertiary/aromatic N) is 1. The van der Waals surface area contributed by atoms with E-state index >= 15 is 8.78 Å². The van der Waals surface area contributed by atoms with Crippen LogP contribution in [0.1, 0.15) is 66.2 Å². The molecule has 0 radical (unpaired) electrons. The Bertz CT molecular complexity index is 1470. The highest BCUT2D eigenvalue weighted by atomic mass is 19.1. The maximum Gasteiger partial charge on any atom is 0.508 e. The predicted molar refractivity (Wildman–Crippen MR) is 160 cm³/mol. The van der Waals surface area contributed by atoms with Gasteiger partial charge in [0.05, 0.1) is 25.4 Å². The fourth-order valence-electron chi connectivity index (χ4n) is 8.90. The summed E-state index contributed by atoms with van der Waals surface area (Å²) in [5, 5.41) is 20.8. The number of rotatable bonds is 12. The first-order valence-electron chi connectivity index (χ1n) is 16.2. The molecule has 17 heteroatoms. The number of fused-ring (bicyclic) bond motifs is 7. The van der Waals surface area contributed by atoms with Crippen LogP contribution in [-0.2, 0) is 42.9 Å². The van der Waals surface area contributed by atoms with Gasteiger partial charge in [-0.1, -0.05) is 13.0 Å². The van der Waals surface area contributed by atoms with Crippen molar-refractivity contribution in [3.63, 3.8) is 0 Å². The second-order valence-electron chi connectivity index (χ2n) is 14.3. The number of carbonyl (C=O) groups excluding carboxylic acids is 4. The molecule has 1 aliphatic heterocycles. The number of nitrogens with two attached hydrogens (primary N) is 1. The van der Waals surface area contributed by atoms with Gasteiger partial charge < -0.3 is 39.4 Å². The molecular weight excluding hydrogens is 658 g/mol. The Morgan fingerprint density at radius 1 is 1.14 bits per heavy atom. The number of ketones is 2. The van der Waals surface area contributed by atoms with E-state index in [0.29, 0.717) is 0 Å². The topological polar surface area (TPSA) is 213 Å². The van der Waals surface area contributed by atoms with Gasteiger partial charge in [-0.2, -0.15) is 0 Å². The number of hydrogen-bond donors (Lipinski definition) is 2. The Labute approximate surface area is 280 Å². The van der Waals surface area contributed by atoms with Gasteiger partial charge in [0.25, 0.3) is 5.09 Å². The molecule has 9 atom stereocenters. The fraction of sp³-hybridized carbons (Fsp3) is 0.750. The van der Waals surface area contributed by atoms with Crippen LogP contribution < -0.4 is 5.73 Å². The summed E-state index contributed by atoms with van der Waals surface area (Å²) in [6.45, 7) is 4.54. The third-order valence-corrected chi connectivity index (χ3v) is 11.1. The Morgan fingerprint density at radius 2 is 1.84 bits per heavy atom. The molecule has 3 N–H and O–H groups in total. The Kier molecular flexibility index (Phi) is 9.72. The van der Waals surface area contributed by atoms with Crippen LogP contribution in [0.4, 0.5) is 13.6 Å². The first kappa shape index (κ1) is 36.7. The van der Waals surface area contributed by atoms with Gasteiger partial charge in [0.1, 0.15) is 18.5 Å². The monoisotopic (exact) mass is 700 g/mol. The molecule has 0 bridgehead atoms. The summed E-state index contributed by atoms with van der Waals surface area (Å²) >= 11 is 0. The number of aliphatic hydroxyl groups is 1. The number of carbonyl (C=O) groups is 4. The molecule has 2 saturated carbocycles. The van der Waals surface area contributed by atoms with Crippen molar-refractivity contribution in [1.29, 1.82) is 0 Å². The quantitative estimate of drug-likeness (QED) is 0.130. The van der Waals surface area contributed by atoms with Crippen molar-refractivity contribution in [2.24, 2.45) is 28.4 Å². The minimum absolute atomic E-state index is 0.0132. The molecule has 4 aliphatic carbocycles. The van der Waals surface area contributed by atoms with Crippen molar-refractivity contribution in [1.82, 2.24) is 0 Å². The van der Waals surface area contributed by atoms with Gasteiger partial charge >= 0.3 is 12.1 Å². The van der Waals surface area contributed by atoms with Gasteiger partial charge in [-0.3, -0.25) is 14.4 Å². The number of esters is 1. The second-order valence-corrected chi connectivity index (χ2v) is 14.3. The average Bonchev–Trinajstić information content (AvgIpc) is 3.43. The Morgan fingerprint density at radius 3 is 2.53 bits per heavy atom. The van der Waals surface area contributed by atoms with Gasteiger partial charge in [-0.25, -0.2) is 13.6 Å². The van der Waals surface area contributed by atoms with Crippen LogP contribution in [0.5, 0.6) is 0 Å². The van der Waals surface area contributed by atoms with Gasteiger partial charge in [0, 0.05) is 29.6 Å². The smallest absolute Gasteiger partial charge is 0.464 e. The number of Topliss-reactive ketones (excluding diaryl/α,β-unsaturated/α-hetero) is 1. The molecule has 1 heterocycles. The molecule has 15 nitrogen and oxygen atoms in total. The molecule has 5 aliphatic rings. The summed E-state index contributed by atoms with van der Waals surface area (Å²) in [6.07, 6.45) is -1.79. The summed E-state index contributed by atoms with van der Waals surface area (Å²) in [6, 6.07) is -1.39. The van der Waals surface area contributed by atoms with Crippen LogP contribution in [0.3, 0.4) is 0 Å². The Balaban J connectivity index is 1.26. The molecule has 49 heavy (non-hydrogen) atoms. The lowest BCUT2D eigenvalue weighted by atomic mass is 9.45. The van der Waals surface area contributed by atoms with Crippen LogP contribution in [0, 0.1) is 32.8 Å². The van der Waals surface area contributed by atoms with Crippen molar-refractivity contribution in [2.75, 3.05) is 26.4 Å². The number of unbranched alkanes of at least 4 members (excludes halogenated alkanes) is 1. The standard InChI is InChI=1S/C32H42F2N2O13/c1-28(2)48-25-13-18-19-12-21(33)20-11-17(37)7-8-29(20,3)31(19,34)23(38)14-30(18,4)32(25,49-28)24(39)16-46-27(41)45-15-22(35)26(40)44-9-5-6-10-47-36(42)43/h7-8,18-19,22-23,25,38H,5-6,9-16,35H2,1-4H3/t18?,19?,22?,23-,25+,29-,30-,31-,32+/m0/s1. The minimum Gasteiger partial charge on any atom is -0.464 e. The lowest BCUT2D eigenvalue weighted by Crippen LogP contribution is -2.70. The highest BCUT2D eigenvalue weighted by Gasteiger charge is 2.80. The summed E-state index contributed by atoms with van der Waals surface area (Å²) < 4.78 is 60.7. The zero-order valence-corrected chi connectivity index (χ0v) is 27.7. The number of halogens is 2. The van der Waals surface area contributed by atoms with Gasteiger partial charge in [0.2, 0.25) is 5.78 Å². The molecule has 0 spiro atoms. The summed E-state index contributed by atoms with van der Waals surface area (Å²) in [5.74, 6) is -5.76. The number of allylic oxidation sites excluding steroid dienone is 4. The van der Waals surface area contributed by atoms with E-state index in [0.717, 1.165) is 0 Å². The average molecular weight is 701 g/mol. The zero-order chi connectivity index (χ0) is 36.2. The maximum absolute atomic E-state index is 17.6. The van der Waals surface area contributed by atoms with Gasteiger partial charge in [0.15, 0.2) is 29.4 Å². The van der Waals surface area contributed by atoms with E-state index in [4.69, 9.17) is 29.4 Å². The highest BCUT2D eigenvalue weighted by Crippen LogP contribution is 2.72. The number of aliphatic hydroxyl groups excluding tert-OH is 1. The first-order valence-corrected chi connectivity index (χ1v) is 16.2. The van der Waals surface area contributed by atoms with Crippen LogP contribution in [0.2, 0.25) is 0 Å². The van der Waals surface area contributed by atoms with Crippen molar-refractivity contribution in [2.45, 2.75) is 102 Å². The summed E-state index contributed by atoms with van der Waals surface area (Å²) in [7, 11) is 0. The number of ether oxygens (including phenoxy) is 5. The van der Waals surface area contributed by atoms with E-state index in [2.05, 4.69) is 4.84 Å². The molecular formula is C32H42F2N2O13. The third-order valence-electron chi connectivity index (χ3n) is 11.1. The third kappa shape index (κ3) is 6.01. The van der Waals surface area contributed by atoms with Crippen LogP contribution in [0.15, 0.2) is 23.6 Å². The highest BCUT2D eigenvalue weighted by molar-refractivity contribution is 5.94. The van der Waals surface area contributed by atoms with Crippen LogP contribution in [-0.4, -0.2) is 95.6 Å². The first-order chi connectivity index (χ1) is 22.8. The van der Waals surface area contributed by atoms with Gasteiger partial charge in [-0.15, -0.1) is 10.1 Å². The van der Waals surface area contributed by atoms with Crippen LogP contribution >= 0.6 is 0 Å². The largest absolute Gasteiger partial charge is 0.508 e. The van der Waals surface area contributed by atoms with E-state index in [1.165, 1.54) is 19.1 Å². The number of alkyl halides is 1. The predicted octanol–water partition coefficient (Wildman–Crippen LogP) is 2.74. The van der Waals surface area contributed by atoms with E-state index in [9.17, 15) is 34.4 Å². The molecule has 0 aromatic heterocycles. The molecule has 0 aromatic rings. The molecule has 0 amide bonds. The van der Waals surface area contributed by atoms with Crippen molar-refractivity contribution >= 4 is 23.7 Å². The molecule has 3 fully saturated rings. The SMILES string of the molecule is CC1(C)O[C@@H]2CC3C4CC(F)=C5CC(=O)C=C[C@]5(C)[C@@]4(F)[C@@H](O)C[C@]3(C)[C@]2(C(=O)COC(=O)OCC(N)C(=O)OCCCCO[N+](=O)[O-])O1. The molecule has 0 aromatic carbocycles. The van der Waals surface area contributed by atoms with Crippen molar-refractivity contribution in [3.05, 3.63) is 33.7 Å². The maximum atomic E-state index is 17.6. The minimum atomic E-state index is -2.37. The zero-order valence-electron chi connectivity index (χ0n) is 27.7. The molecule has 5 rings (SSSR count). The van der Waals surface area contributed by atoms with Crippen molar-refractivity contribution in [3.8, 4) is 0 Å². The van der Waals surface area contributed by atoms with Crippen LogP contribution in [0.25, 0.3) is 0 Å². The molecule has 3 unspecified atom stereocenters. The lowest BCUT2D eigenvalue weighted by molar-refractivity contribution is -0.757. The Hall–Kier alpha value is -3.54. The molecule has 1 saturated heterocycles. The number of hydrogen-bond acceptors (Lipinski definition) is 14. The fourth-order valence-corrected chi connectivity index (χ4v) is 8.90. The van der Waals surface area contributed by atoms with Crippen molar-refractivity contribution < 1.29 is 66.7 Å². The summed E-state index contributed by atoms with van der Waals surface area (Å²) in [4.78, 5) is 65.1. The summed E-state index contributed by atoms with van der Waals surface area (Å²) in [5.41, 5.74) is -1.38. The van der Waals surface area contributed by atoms with E-state index in [1.54, 1.807) is 20.8 Å². The molecule has 272 valence electrons. The van der Waals surface area contributed by atoms with Gasteiger partial charge in [-0.05, 0) is 64.0 Å². The normalized spacial score (nSPS) is 37.7. The lowest BCUT2D eigenvalue weighted by Gasteiger charge is -2.62. The van der Waals surface area contributed by atoms with E-state index in [-0.39, 0.29) is 63.1 Å².